The van der Waals surface area contributed by atoms with Gasteiger partial charge in [-0.15, -0.1) is 0 Å². The highest BCUT2D eigenvalue weighted by molar-refractivity contribution is 6.62. The Morgan fingerprint density at radius 3 is 1.80 bits per heavy atom. The van der Waals surface area contributed by atoms with Gasteiger partial charge in [-0.1, -0.05) is 30.3 Å². The van der Waals surface area contributed by atoms with E-state index in [9.17, 15) is 0 Å². The second-order valence-electron chi connectivity index (χ2n) is 5.00. The van der Waals surface area contributed by atoms with E-state index in [1.54, 1.807) is 0 Å². The average Bonchev–Trinajstić information content (AvgIpc) is 2.38. The van der Waals surface area contributed by atoms with Gasteiger partial charge in [0.2, 0.25) is 0 Å². The predicted molar refractivity (Wildman–Crippen MR) is 62.2 cm³/mol. The molecule has 3 heteroatoms. The molecule has 0 aliphatic carbocycles. The summed E-state index contributed by atoms with van der Waals surface area (Å²) in [6, 6.07) is 10.1. The van der Waals surface area contributed by atoms with Crippen LogP contribution in [0, 0.1) is 0 Å². The van der Waals surface area contributed by atoms with Crippen molar-refractivity contribution in [2.24, 2.45) is 0 Å². The monoisotopic (exact) mass is 204 g/mol. The Morgan fingerprint density at radius 1 is 0.867 bits per heavy atom. The molecule has 1 heterocycles. The lowest BCUT2D eigenvalue weighted by Gasteiger charge is -2.32. The highest BCUT2D eigenvalue weighted by Crippen LogP contribution is 2.36. The van der Waals surface area contributed by atoms with E-state index in [0.717, 1.165) is 5.46 Å². The minimum absolute atomic E-state index is 0.240. The van der Waals surface area contributed by atoms with Gasteiger partial charge >= 0.3 is 7.12 Å². The molecule has 1 aliphatic heterocycles. The molecule has 1 aliphatic rings. The average molecular weight is 204 g/mol. The molecule has 0 amide bonds. The summed E-state index contributed by atoms with van der Waals surface area (Å²) in [6.45, 7) is 8.26. The van der Waals surface area contributed by atoms with Crippen LogP contribution < -0.4 is 5.46 Å². The third kappa shape index (κ3) is 1.82. The molecule has 1 aromatic carbocycles. The lowest BCUT2D eigenvalue weighted by molar-refractivity contribution is 0.00578. The third-order valence-electron chi connectivity index (χ3n) is 3.32. The standard InChI is InChI=1S/C12H17BO2/c1-11(2)12(3,4)15-13(14-11)10-8-6-5-7-9-10/h5-9H,1-4H3. The SMILES string of the molecule is CC1(C)OB(c2ccccc2)OC1(C)C. The zero-order valence-electron chi connectivity index (χ0n) is 9.78. The van der Waals surface area contributed by atoms with Crippen molar-refractivity contribution in [3.8, 4) is 0 Å². The Morgan fingerprint density at radius 2 is 1.33 bits per heavy atom. The van der Waals surface area contributed by atoms with Gasteiger partial charge < -0.3 is 9.31 Å². The van der Waals surface area contributed by atoms with Crippen LogP contribution in [0.2, 0.25) is 0 Å². The fraction of sp³-hybridized carbons (Fsp3) is 0.500. The summed E-state index contributed by atoms with van der Waals surface area (Å²) in [4.78, 5) is 0. The van der Waals surface area contributed by atoms with Gasteiger partial charge in [-0.05, 0) is 33.2 Å². The molecule has 0 N–H and O–H groups in total. The van der Waals surface area contributed by atoms with Gasteiger partial charge in [0.25, 0.3) is 0 Å². The first-order valence-corrected chi connectivity index (χ1v) is 5.33. The van der Waals surface area contributed by atoms with Crippen molar-refractivity contribution in [2.75, 3.05) is 0 Å². The molecule has 1 fully saturated rings. The second kappa shape index (κ2) is 3.36. The zero-order chi connectivity index (χ0) is 11.1. The fourth-order valence-electron chi connectivity index (χ4n) is 1.59. The Kier molecular flexibility index (Phi) is 2.40. The van der Waals surface area contributed by atoms with Crippen LogP contribution in [0.1, 0.15) is 27.7 Å². The van der Waals surface area contributed by atoms with Crippen molar-refractivity contribution in [1.82, 2.24) is 0 Å². The molecule has 0 spiro atoms. The molecule has 80 valence electrons. The van der Waals surface area contributed by atoms with Gasteiger partial charge in [0.15, 0.2) is 0 Å². The summed E-state index contributed by atoms with van der Waals surface area (Å²) in [6.07, 6.45) is 0. The van der Waals surface area contributed by atoms with Crippen molar-refractivity contribution in [1.29, 1.82) is 0 Å². The molecular formula is C12H17BO2. The minimum atomic E-state index is -0.256. The molecule has 0 aromatic heterocycles. The quantitative estimate of drug-likeness (QED) is 0.651. The van der Waals surface area contributed by atoms with Crippen LogP contribution in [0.15, 0.2) is 30.3 Å². The number of hydrogen-bond acceptors (Lipinski definition) is 2. The molecule has 0 atom stereocenters. The third-order valence-corrected chi connectivity index (χ3v) is 3.32. The fourth-order valence-corrected chi connectivity index (χ4v) is 1.59. The van der Waals surface area contributed by atoms with Crippen LogP contribution in [0.25, 0.3) is 0 Å². The van der Waals surface area contributed by atoms with Crippen LogP contribution >= 0.6 is 0 Å². The first-order valence-electron chi connectivity index (χ1n) is 5.33. The summed E-state index contributed by atoms with van der Waals surface area (Å²) < 4.78 is 11.9. The molecule has 0 saturated carbocycles. The summed E-state index contributed by atoms with van der Waals surface area (Å²) in [5.74, 6) is 0. The van der Waals surface area contributed by atoms with Gasteiger partial charge in [-0.2, -0.15) is 0 Å². The molecule has 1 saturated heterocycles. The van der Waals surface area contributed by atoms with E-state index in [4.69, 9.17) is 9.31 Å². The molecule has 1 aromatic rings. The van der Waals surface area contributed by atoms with Gasteiger partial charge in [0, 0.05) is 0 Å². The predicted octanol–water partition coefficient (Wildman–Crippen LogP) is 1.99. The van der Waals surface area contributed by atoms with Crippen molar-refractivity contribution >= 4 is 12.6 Å². The highest BCUT2D eigenvalue weighted by Gasteiger charge is 2.51. The smallest absolute Gasteiger partial charge is 0.399 e. The summed E-state index contributed by atoms with van der Waals surface area (Å²) in [7, 11) is -0.240. The summed E-state index contributed by atoms with van der Waals surface area (Å²) in [5.41, 5.74) is 0.567. The topological polar surface area (TPSA) is 18.5 Å². The van der Waals surface area contributed by atoms with E-state index < -0.39 is 0 Å². The largest absolute Gasteiger partial charge is 0.494 e. The second-order valence-corrected chi connectivity index (χ2v) is 5.00. The lowest BCUT2D eigenvalue weighted by atomic mass is 9.79. The zero-order valence-corrected chi connectivity index (χ0v) is 9.78. The maximum absolute atomic E-state index is 5.93. The first kappa shape index (κ1) is 10.7. The molecule has 2 rings (SSSR count). The van der Waals surface area contributed by atoms with Crippen LogP contribution in [0.4, 0.5) is 0 Å². The van der Waals surface area contributed by atoms with E-state index in [-0.39, 0.29) is 18.3 Å². The van der Waals surface area contributed by atoms with E-state index in [1.807, 2.05) is 30.3 Å². The Balaban J connectivity index is 2.24. The highest BCUT2D eigenvalue weighted by atomic mass is 16.7. The Hall–Kier alpha value is -0.795. The maximum atomic E-state index is 5.93. The van der Waals surface area contributed by atoms with Crippen LogP contribution in [-0.4, -0.2) is 18.3 Å². The molecule has 15 heavy (non-hydrogen) atoms. The maximum Gasteiger partial charge on any atom is 0.494 e. The summed E-state index contributed by atoms with van der Waals surface area (Å²) in [5, 5.41) is 0. The van der Waals surface area contributed by atoms with E-state index in [1.165, 1.54) is 0 Å². The van der Waals surface area contributed by atoms with Crippen LogP contribution in [-0.2, 0) is 9.31 Å². The first-order chi connectivity index (χ1) is 6.92. The van der Waals surface area contributed by atoms with E-state index >= 15 is 0 Å². The molecular weight excluding hydrogens is 187 g/mol. The lowest BCUT2D eigenvalue weighted by Crippen LogP contribution is -2.41. The van der Waals surface area contributed by atoms with Gasteiger partial charge in [0.05, 0.1) is 11.2 Å². The van der Waals surface area contributed by atoms with E-state index in [2.05, 4.69) is 27.7 Å². The Bertz CT molecular complexity index is 330. The van der Waals surface area contributed by atoms with Crippen molar-refractivity contribution in [3.63, 3.8) is 0 Å². The van der Waals surface area contributed by atoms with Gasteiger partial charge in [-0.3, -0.25) is 0 Å². The van der Waals surface area contributed by atoms with Crippen molar-refractivity contribution in [2.45, 2.75) is 38.9 Å². The van der Waals surface area contributed by atoms with Crippen LogP contribution in [0.5, 0.6) is 0 Å². The molecule has 0 bridgehead atoms. The minimum Gasteiger partial charge on any atom is -0.399 e. The molecule has 2 nitrogen and oxygen atoms in total. The number of benzene rings is 1. The Labute approximate surface area is 91.7 Å². The number of hydrogen-bond donors (Lipinski definition) is 0. The van der Waals surface area contributed by atoms with Gasteiger partial charge in [-0.25, -0.2) is 0 Å². The summed E-state index contributed by atoms with van der Waals surface area (Å²) >= 11 is 0. The molecule has 0 unspecified atom stereocenters. The van der Waals surface area contributed by atoms with Gasteiger partial charge in [0.1, 0.15) is 0 Å². The normalized spacial score (nSPS) is 23.1. The number of rotatable bonds is 1. The van der Waals surface area contributed by atoms with Crippen molar-refractivity contribution in [3.05, 3.63) is 30.3 Å². The van der Waals surface area contributed by atoms with Crippen molar-refractivity contribution < 1.29 is 9.31 Å². The van der Waals surface area contributed by atoms with E-state index in [0.29, 0.717) is 0 Å². The molecule has 0 radical (unpaired) electrons. The van der Waals surface area contributed by atoms with Crippen LogP contribution in [0.3, 0.4) is 0 Å².